The van der Waals surface area contributed by atoms with Gasteiger partial charge in [0.15, 0.2) is 0 Å². The maximum absolute atomic E-state index is 12.0. The molecule has 0 fully saturated rings. The fourth-order valence-electron chi connectivity index (χ4n) is 2.25. The highest BCUT2D eigenvalue weighted by Crippen LogP contribution is 2.15. The third-order valence-electron chi connectivity index (χ3n) is 3.70. The quantitative estimate of drug-likeness (QED) is 0.718. The van der Waals surface area contributed by atoms with Gasteiger partial charge in [-0.25, -0.2) is 0 Å². The Kier molecular flexibility index (Phi) is 9.08. The van der Waals surface area contributed by atoms with Crippen LogP contribution in [0.3, 0.4) is 0 Å². The Morgan fingerprint density at radius 2 is 1.79 bits per heavy atom. The number of nitrogens with two attached hydrogens (primary N) is 1. The summed E-state index contributed by atoms with van der Waals surface area (Å²) < 4.78 is 5.78. The van der Waals surface area contributed by atoms with Crippen molar-refractivity contribution in [3.05, 3.63) is 71.3 Å². The lowest BCUT2D eigenvalue weighted by atomic mass is 10.1. The van der Waals surface area contributed by atoms with E-state index in [9.17, 15) is 4.79 Å². The molecule has 0 aliphatic carbocycles. The van der Waals surface area contributed by atoms with E-state index < -0.39 is 0 Å². The van der Waals surface area contributed by atoms with Gasteiger partial charge in [0.25, 0.3) is 5.91 Å². The second-order valence-corrected chi connectivity index (χ2v) is 5.43. The number of hydrogen-bond donors (Lipinski definition) is 2. The summed E-state index contributed by atoms with van der Waals surface area (Å²) in [5.41, 5.74) is 8.38. The average molecular weight is 349 g/mol. The van der Waals surface area contributed by atoms with Gasteiger partial charge in [-0.2, -0.15) is 0 Å². The molecule has 0 saturated heterocycles. The summed E-state index contributed by atoms with van der Waals surface area (Å²) in [6.07, 6.45) is 0.847. The van der Waals surface area contributed by atoms with E-state index in [0.29, 0.717) is 25.3 Å². The molecule has 24 heavy (non-hydrogen) atoms. The molecule has 0 heterocycles. The summed E-state index contributed by atoms with van der Waals surface area (Å²) >= 11 is 0. The molecule has 5 heteroatoms. The fourth-order valence-corrected chi connectivity index (χ4v) is 2.25. The van der Waals surface area contributed by atoms with E-state index in [1.165, 1.54) is 0 Å². The van der Waals surface area contributed by atoms with Gasteiger partial charge in [-0.15, -0.1) is 12.4 Å². The SMILES string of the molecule is CC(OCCCNC(=O)c1ccc(CN)cc1)c1ccccc1.Cl. The minimum Gasteiger partial charge on any atom is -0.374 e. The number of benzene rings is 2. The maximum Gasteiger partial charge on any atom is 0.251 e. The summed E-state index contributed by atoms with van der Waals surface area (Å²) in [6, 6.07) is 17.5. The Hall–Kier alpha value is -1.88. The van der Waals surface area contributed by atoms with Crippen molar-refractivity contribution in [1.82, 2.24) is 5.32 Å². The van der Waals surface area contributed by atoms with Gasteiger partial charge in [-0.05, 0) is 36.6 Å². The van der Waals surface area contributed by atoms with Crippen LogP contribution in [0.5, 0.6) is 0 Å². The molecule has 1 atom stereocenters. The highest BCUT2D eigenvalue weighted by molar-refractivity contribution is 5.94. The normalized spacial score (nSPS) is 11.4. The minimum absolute atomic E-state index is 0. The second-order valence-electron chi connectivity index (χ2n) is 5.43. The van der Waals surface area contributed by atoms with Crippen LogP contribution in [0.4, 0.5) is 0 Å². The van der Waals surface area contributed by atoms with E-state index in [0.717, 1.165) is 17.5 Å². The number of carbonyl (C=O) groups excluding carboxylic acids is 1. The van der Waals surface area contributed by atoms with Crippen LogP contribution in [-0.4, -0.2) is 19.1 Å². The number of hydrogen-bond acceptors (Lipinski definition) is 3. The zero-order valence-corrected chi connectivity index (χ0v) is 14.7. The van der Waals surface area contributed by atoms with Crippen LogP contribution in [-0.2, 0) is 11.3 Å². The van der Waals surface area contributed by atoms with Gasteiger partial charge in [0.2, 0.25) is 0 Å². The standard InChI is InChI=1S/C19H24N2O2.ClH/c1-15(17-6-3-2-4-7-17)23-13-5-12-21-19(22)18-10-8-16(14-20)9-11-18;/h2-4,6-11,15H,5,12-14,20H2,1H3,(H,21,22);1H. The minimum atomic E-state index is -0.0651. The van der Waals surface area contributed by atoms with Crippen molar-refractivity contribution in [2.75, 3.05) is 13.2 Å². The lowest BCUT2D eigenvalue weighted by Gasteiger charge is -2.13. The summed E-state index contributed by atoms with van der Waals surface area (Å²) in [4.78, 5) is 12.0. The number of nitrogens with one attached hydrogen (secondary N) is 1. The third kappa shape index (κ3) is 6.32. The van der Waals surface area contributed by atoms with Gasteiger partial charge >= 0.3 is 0 Å². The van der Waals surface area contributed by atoms with Crippen LogP contribution in [0.1, 0.15) is 40.9 Å². The molecular weight excluding hydrogens is 324 g/mol. The molecule has 130 valence electrons. The summed E-state index contributed by atoms with van der Waals surface area (Å²) in [7, 11) is 0. The van der Waals surface area contributed by atoms with E-state index in [1.807, 2.05) is 37.3 Å². The van der Waals surface area contributed by atoms with Crippen molar-refractivity contribution >= 4 is 18.3 Å². The van der Waals surface area contributed by atoms with Crippen molar-refractivity contribution in [2.45, 2.75) is 26.0 Å². The van der Waals surface area contributed by atoms with Crippen LogP contribution >= 0.6 is 12.4 Å². The molecule has 0 aromatic heterocycles. The summed E-state index contributed by atoms with van der Waals surface area (Å²) in [5, 5.41) is 2.90. The van der Waals surface area contributed by atoms with Gasteiger partial charge in [0, 0.05) is 25.3 Å². The first-order valence-electron chi connectivity index (χ1n) is 7.94. The molecule has 1 amide bonds. The smallest absolute Gasteiger partial charge is 0.251 e. The topological polar surface area (TPSA) is 64.3 Å². The molecule has 0 spiro atoms. The van der Waals surface area contributed by atoms with Crippen LogP contribution in [0.15, 0.2) is 54.6 Å². The van der Waals surface area contributed by atoms with Crippen molar-refractivity contribution in [3.63, 3.8) is 0 Å². The molecule has 2 aromatic carbocycles. The first-order chi connectivity index (χ1) is 11.2. The molecule has 4 nitrogen and oxygen atoms in total. The first-order valence-corrected chi connectivity index (χ1v) is 7.94. The molecule has 0 aliphatic heterocycles. The highest BCUT2D eigenvalue weighted by Gasteiger charge is 2.06. The zero-order chi connectivity index (χ0) is 16.5. The molecule has 1 unspecified atom stereocenters. The average Bonchev–Trinajstić information content (AvgIpc) is 2.62. The Bertz CT molecular complexity index is 603. The van der Waals surface area contributed by atoms with E-state index >= 15 is 0 Å². The Morgan fingerprint density at radius 1 is 1.12 bits per heavy atom. The van der Waals surface area contributed by atoms with Gasteiger partial charge < -0.3 is 15.8 Å². The predicted molar refractivity (Wildman–Crippen MR) is 99.3 cm³/mol. The molecule has 0 radical (unpaired) electrons. The second kappa shape index (κ2) is 10.8. The van der Waals surface area contributed by atoms with Crippen LogP contribution < -0.4 is 11.1 Å². The lowest BCUT2D eigenvalue weighted by Crippen LogP contribution is -2.25. The Balaban J connectivity index is 0.00000288. The fraction of sp³-hybridized carbons (Fsp3) is 0.316. The van der Waals surface area contributed by atoms with Gasteiger partial charge in [-0.1, -0.05) is 42.5 Å². The number of amides is 1. The van der Waals surface area contributed by atoms with Crippen molar-refractivity contribution < 1.29 is 9.53 Å². The van der Waals surface area contributed by atoms with E-state index in [2.05, 4.69) is 17.4 Å². The number of ether oxygens (including phenoxy) is 1. The first kappa shape index (κ1) is 20.2. The molecule has 0 aliphatic rings. The lowest BCUT2D eigenvalue weighted by molar-refractivity contribution is 0.0635. The third-order valence-corrected chi connectivity index (χ3v) is 3.70. The highest BCUT2D eigenvalue weighted by atomic mass is 35.5. The molecule has 0 bridgehead atoms. The Labute approximate surface area is 149 Å². The zero-order valence-electron chi connectivity index (χ0n) is 13.9. The van der Waals surface area contributed by atoms with E-state index in [1.54, 1.807) is 12.1 Å². The van der Waals surface area contributed by atoms with Crippen molar-refractivity contribution in [1.29, 1.82) is 0 Å². The van der Waals surface area contributed by atoms with Crippen molar-refractivity contribution in [3.8, 4) is 0 Å². The summed E-state index contributed by atoms with van der Waals surface area (Å²) in [6.45, 7) is 3.73. The van der Waals surface area contributed by atoms with Gasteiger partial charge in [0.05, 0.1) is 6.10 Å². The largest absolute Gasteiger partial charge is 0.374 e. The molecule has 2 rings (SSSR count). The molecular formula is C19H25ClN2O2. The maximum atomic E-state index is 12.0. The van der Waals surface area contributed by atoms with Crippen LogP contribution in [0.25, 0.3) is 0 Å². The number of rotatable bonds is 8. The molecule has 0 saturated carbocycles. The van der Waals surface area contributed by atoms with Crippen LogP contribution in [0.2, 0.25) is 0 Å². The van der Waals surface area contributed by atoms with Gasteiger partial charge in [0.1, 0.15) is 0 Å². The predicted octanol–water partition coefficient (Wildman–Crippen LogP) is 3.46. The number of halogens is 1. The van der Waals surface area contributed by atoms with Crippen LogP contribution in [0, 0.1) is 0 Å². The van der Waals surface area contributed by atoms with E-state index in [-0.39, 0.29) is 24.4 Å². The van der Waals surface area contributed by atoms with E-state index in [4.69, 9.17) is 10.5 Å². The number of carbonyl (C=O) groups is 1. The summed E-state index contributed by atoms with van der Waals surface area (Å²) in [5.74, 6) is -0.0651. The monoisotopic (exact) mass is 348 g/mol. The van der Waals surface area contributed by atoms with Crippen molar-refractivity contribution in [2.24, 2.45) is 5.73 Å². The Morgan fingerprint density at radius 3 is 2.42 bits per heavy atom. The molecule has 3 N–H and O–H groups in total. The van der Waals surface area contributed by atoms with Gasteiger partial charge in [-0.3, -0.25) is 4.79 Å². The molecule has 2 aromatic rings.